The van der Waals surface area contributed by atoms with Crippen molar-refractivity contribution in [3.8, 4) is 0 Å². The fourth-order valence-electron chi connectivity index (χ4n) is 4.39. The van der Waals surface area contributed by atoms with E-state index in [0.29, 0.717) is 34.6 Å². The van der Waals surface area contributed by atoms with E-state index in [1.54, 1.807) is 11.3 Å². The van der Waals surface area contributed by atoms with Gasteiger partial charge in [0.2, 0.25) is 5.91 Å². The number of nitrogens with two attached hydrogens (primary N) is 1. The van der Waals surface area contributed by atoms with Crippen LogP contribution >= 0.6 is 23.1 Å². The van der Waals surface area contributed by atoms with Gasteiger partial charge in [0.15, 0.2) is 5.16 Å². The lowest BCUT2D eigenvalue weighted by Crippen LogP contribution is -2.44. The highest BCUT2D eigenvalue weighted by Gasteiger charge is 2.28. The molecule has 2 aliphatic carbocycles. The number of fused-ring (bicyclic) bond motifs is 3. The second-order valence-electron chi connectivity index (χ2n) is 8.01. The Balaban J connectivity index is 1.42. The van der Waals surface area contributed by atoms with Gasteiger partial charge in [0, 0.05) is 10.9 Å². The second kappa shape index (κ2) is 7.95. The van der Waals surface area contributed by atoms with Gasteiger partial charge < -0.3 is 11.1 Å². The largest absolute Gasteiger partial charge is 0.383 e. The van der Waals surface area contributed by atoms with E-state index in [2.05, 4.69) is 24.1 Å². The van der Waals surface area contributed by atoms with Gasteiger partial charge in [-0.25, -0.2) is 9.97 Å². The van der Waals surface area contributed by atoms with E-state index in [9.17, 15) is 4.79 Å². The summed E-state index contributed by atoms with van der Waals surface area (Å²) in [7, 11) is 0. The van der Waals surface area contributed by atoms with E-state index in [4.69, 9.17) is 10.7 Å². The van der Waals surface area contributed by atoms with Crippen molar-refractivity contribution in [2.24, 2.45) is 11.8 Å². The number of carbonyl (C=O) groups excluding carboxylic acids is 1. The molecule has 2 aliphatic rings. The first-order chi connectivity index (χ1) is 13.0. The summed E-state index contributed by atoms with van der Waals surface area (Å²) >= 11 is 3.13. The van der Waals surface area contributed by atoms with Crippen LogP contribution in [-0.2, 0) is 17.6 Å². The lowest BCUT2D eigenvalue weighted by molar-refractivity contribution is -0.120. The van der Waals surface area contributed by atoms with Crippen LogP contribution in [0.2, 0.25) is 0 Å². The van der Waals surface area contributed by atoms with Gasteiger partial charge >= 0.3 is 0 Å². The van der Waals surface area contributed by atoms with Gasteiger partial charge in [0.05, 0.1) is 11.1 Å². The number of nitrogens with zero attached hydrogens (tertiary/aromatic N) is 2. The molecule has 3 unspecified atom stereocenters. The quantitative estimate of drug-likeness (QED) is 0.590. The third-order valence-electron chi connectivity index (χ3n) is 6.21. The number of anilines is 1. The van der Waals surface area contributed by atoms with E-state index < -0.39 is 0 Å². The molecule has 0 aromatic carbocycles. The number of hydrogen-bond acceptors (Lipinski definition) is 6. The van der Waals surface area contributed by atoms with Crippen LogP contribution < -0.4 is 11.1 Å². The van der Waals surface area contributed by atoms with E-state index in [1.165, 1.54) is 47.9 Å². The highest BCUT2D eigenvalue weighted by atomic mass is 32.2. The highest BCUT2D eigenvalue weighted by molar-refractivity contribution is 7.99. The SMILES string of the molecule is CC1CCCC(NC(=O)CSc2nc(N)c3c4c(sc3n2)CCCC4)C1C. The molecule has 0 aliphatic heterocycles. The van der Waals surface area contributed by atoms with Crippen LogP contribution in [-0.4, -0.2) is 27.7 Å². The summed E-state index contributed by atoms with van der Waals surface area (Å²) in [5, 5.41) is 4.88. The summed E-state index contributed by atoms with van der Waals surface area (Å²) < 4.78 is 0. The smallest absolute Gasteiger partial charge is 0.230 e. The Morgan fingerprint density at radius 3 is 2.89 bits per heavy atom. The molecule has 27 heavy (non-hydrogen) atoms. The van der Waals surface area contributed by atoms with Gasteiger partial charge in [-0.05, 0) is 49.5 Å². The fraction of sp³-hybridized carbons (Fsp3) is 0.650. The summed E-state index contributed by atoms with van der Waals surface area (Å²) in [5.74, 6) is 2.18. The molecular weight excluding hydrogens is 376 g/mol. The molecule has 146 valence electrons. The Kier molecular flexibility index (Phi) is 5.60. The van der Waals surface area contributed by atoms with Crippen molar-refractivity contribution in [3.05, 3.63) is 10.4 Å². The monoisotopic (exact) mass is 404 g/mol. The maximum absolute atomic E-state index is 12.4. The normalized spacial score (nSPS) is 25.3. The molecule has 1 saturated carbocycles. The van der Waals surface area contributed by atoms with E-state index >= 15 is 0 Å². The maximum Gasteiger partial charge on any atom is 0.230 e. The number of aryl methyl sites for hydroxylation is 2. The van der Waals surface area contributed by atoms with Crippen LogP contribution in [0, 0.1) is 11.8 Å². The molecule has 2 aromatic rings. The Morgan fingerprint density at radius 2 is 2.04 bits per heavy atom. The third-order valence-corrected chi connectivity index (χ3v) is 8.24. The average Bonchev–Trinajstić information content (AvgIpc) is 3.02. The molecule has 7 heteroatoms. The molecule has 4 rings (SSSR count). The Labute approximate surface area is 168 Å². The molecular formula is C20H28N4OS2. The number of thioether (sulfide) groups is 1. The Bertz CT molecular complexity index is 850. The summed E-state index contributed by atoms with van der Waals surface area (Å²) in [6.07, 6.45) is 8.20. The van der Waals surface area contributed by atoms with E-state index in [1.807, 2.05) is 0 Å². The van der Waals surface area contributed by atoms with Crippen molar-refractivity contribution in [1.82, 2.24) is 15.3 Å². The minimum atomic E-state index is 0.0682. The van der Waals surface area contributed by atoms with Crippen LogP contribution in [0.5, 0.6) is 0 Å². The molecule has 0 radical (unpaired) electrons. The zero-order chi connectivity index (χ0) is 19.0. The van der Waals surface area contributed by atoms with E-state index in [-0.39, 0.29) is 5.91 Å². The lowest BCUT2D eigenvalue weighted by Gasteiger charge is -2.34. The van der Waals surface area contributed by atoms with Crippen molar-refractivity contribution in [2.75, 3.05) is 11.5 Å². The number of nitrogens with one attached hydrogen (secondary N) is 1. The molecule has 1 amide bonds. The number of aromatic nitrogens is 2. The molecule has 5 nitrogen and oxygen atoms in total. The Hall–Kier alpha value is -1.34. The first-order valence-electron chi connectivity index (χ1n) is 10.0. The number of hydrogen-bond donors (Lipinski definition) is 2. The predicted molar refractivity (Wildman–Crippen MR) is 113 cm³/mol. The van der Waals surface area contributed by atoms with Crippen LogP contribution in [0.1, 0.15) is 56.4 Å². The standard InChI is InChI=1S/C20H28N4OS2/c1-11-6-5-8-14(12(11)2)22-16(25)10-26-20-23-18(21)17-13-7-3-4-9-15(13)27-19(17)24-20/h11-12,14H,3-10H2,1-2H3,(H,22,25)(H2,21,23,24). The van der Waals surface area contributed by atoms with Gasteiger partial charge in [-0.15, -0.1) is 11.3 Å². The van der Waals surface area contributed by atoms with Crippen LogP contribution in [0.3, 0.4) is 0 Å². The van der Waals surface area contributed by atoms with Crippen LogP contribution in [0.15, 0.2) is 5.16 Å². The average molecular weight is 405 g/mol. The molecule has 3 N–H and O–H groups in total. The van der Waals surface area contributed by atoms with Crippen molar-refractivity contribution in [3.63, 3.8) is 0 Å². The summed E-state index contributed by atoms with van der Waals surface area (Å²) in [5.41, 5.74) is 7.61. The zero-order valence-corrected chi connectivity index (χ0v) is 17.7. The van der Waals surface area contributed by atoms with Crippen molar-refractivity contribution in [1.29, 1.82) is 0 Å². The molecule has 0 bridgehead atoms. The molecule has 2 aromatic heterocycles. The van der Waals surface area contributed by atoms with Crippen LogP contribution in [0.4, 0.5) is 5.82 Å². The minimum Gasteiger partial charge on any atom is -0.383 e. The van der Waals surface area contributed by atoms with Gasteiger partial charge in [-0.1, -0.05) is 38.5 Å². The first-order valence-corrected chi connectivity index (χ1v) is 11.8. The molecule has 1 fully saturated rings. The fourth-order valence-corrected chi connectivity index (χ4v) is 6.38. The lowest BCUT2D eigenvalue weighted by atomic mass is 9.78. The molecule has 3 atom stereocenters. The van der Waals surface area contributed by atoms with Gasteiger partial charge in [0.1, 0.15) is 10.6 Å². The first kappa shape index (κ1) is 19.0. The number of carbonyl (C=O) groups is 1. The maximum atomic E-state index is 12.4. The van der Waals surface area contributed by atoms with Gasteiger partial charge in [-0.3, -0.25) is 4.79 Å². The highest BCUT2D eigenvalue weighted by Crippen LogP contribution is 2.38. The molecule has 0 spiro atoms. The molecule has 2 heterocycles. The van der Waals surface area contributed by atoms with Crippen LogP contribution in [0.25, 0.3) is 10.2 Å². The zero-order valence-electron chi connectivity index (χ0n) is 16.1. The number of thiophene rings is 1. The summed E-state index contributed by atoms with van der Waals surface area (Å²) in [6, 6.07) is 0.291. The third kappa shape index (κ3) is 3.94. The van der Waals surface area contributed by atoms with Crippen molar-refractivity contribution < 1.29 is 4.79 Å². The summed E-state index contributed by atoms with van der Waals surface area (Å²) in [6.45, 7) is 4.53. The number of rotatable bonds is 4. The predicted octanol–water partition coefficient (Wildman–Crippen LogP) is 4.19. The second-order valence-corrected chi connectivity index (χ2v) is 10.0. The summed E-state index contributed by atoms with van der Waals surface area (Å²) in [4.78, 5) is 24.0. The van der Waals surface area contributed by atoms with E-state index in [0.717, 1.165) is 29.5 Å². The number of nitrogen functional groups attached to an aromatic ring is 1. The van der Waals surface area contributed by atoms with Crippen molar-refractivity contribution >= 4 is 45.0 Å². The van der Waals surface area contributed by atoms with Crippen molar-refractivity contribution in [2.45, 2.75) is 70.0 Å². The van der Waals surface area contributed by atoms with Gasteiger partial charge in [-0.2, -0.15) is 0 Å². The molecule has 0 saturated heterocycles. The Morgan fingerprint density at radius 1 is 1.22 bits per heavy atom. The van der Waals surface area contributed by atoms with Gasteiger partial charge in [0.25, 0.3) is 0 Å². The topological polar surface area (TPSA) is 80.9 Å². The number of amides is 1. The minimum absolute atomic E-state index is 0.0682.